The number of carbonyl (C=O) groups is 3. The van der Waals surface area contributed by atoms with E-state index < -0.39 is 17.1 Å². The van der Waals surface area contributed by atoms with Gasteiger partial charge in [0.25, 0.3) is 11.8 Å². The monoisotopic (exact) mass is 599 g/mol. The lowest BCUT2D eigenvalue weighted by Crippen LogP contribution is -2.30. The molecule has 7 nitrogen and oxygen atoms in total. The summed E-state index contributed by atoms with van der Waals surface area (Å²) in [5.41, 5.74) is 3.27. The van der Waals surface area contributed by atoms with Crippen LogP contribution in [0.25, 0.3) is 6.08 Å². The zero-order chi connectivity index (χ0) is 30.1. The molecule has 0 aromatic heterocycles. The number of methoxy groups -OCH3 is 1. The second-order valence-corrected chi connectivity index (χ2v) is 11.2. The Kier molecular flexibility index (Phi) is 10.4. The van der Waals surface area contributed by atoms with Crippen molar-refractivity contribution in [3.63, 3.8) is 0 Å². The third kappa shape index (κ3) is 8.49. The number of benzene rings is 4. The fourth-order valence-electron chi connectivity index (χ4n) is 3.88. The number of hydrogen-bond donors (Lipinski definition) is 3. The van der Waals surface area contributed by atoms with Gasteiger partial charge in [0.2, 0.25) is 5.91 Å². The molecule has 4 aromatic carbocycles. The number of thioether (sulfide) groups is 1. The molecule has 0 bridgehead atoms. The highest BCUT2D eigenvalue weighted by atomic mass is 35.5. The molecule has 0 heterocycles. The molecule has 0 spiro atoms. The van der Waals surface area contributed by atoms with Crippen molar-refractivity contribution in [2.24, 2.45) is 0 Å². The largest absolute Gasteiger partial charge is 0.497 e. The topological polar surface area (TPSA) is 96.5 Å². The number of anilines is 2. The van der Waals surface area contributed by atoms with Crippen molar-refractivity contribution in [1.82, 2.24) is 5.32 Å². The summed E-state index contributed by atoms with van der Waals surface area (Å²) < 4.78 is 5.21. The van der Waals surface area contributed by atoms with Crippen molar-refractivity contribution in [2.45, 2.75) is 24.0 Å². The lowest BCUT2D eigenvalue weighted by atomic mass is 10.1. The summed E-state index contributed by atoms with van der Waals surface area (Å²) in [5.74, 6) is -0.413. The number of nitrogens with one attached hydrogen (secondary N) is 3. The minimum atomic E-state index is -0.500. The maximum absolute atomic E-state index is 13.4. The van der Waals surface area contributed by atoms with Gasteiger partial charge in [-0.05, 0) is 85.6 Å². The lowest BCUT2D eigenvalue weighted by molar-refractivity contribution is -0.115. The number of halogens is 1. The number of carbonyl (C=O) groups excluding carboxylic acids is 3. The Hall–Kier alpha value is -4.53. The van der Waals surface area contributed by atoms with Crippen LogP contribution >= 0.6 is 23.4 Å². The minimum Gasteiger partial charge on any atom is -0.497 e. The van der Waals surface area contributed by atoms with E-state index in [0.29, 0.717) is 33.3 Å². The van der Waals surface area contributed by atoms with E-state index in [9.17, 15) is 14.4 Å². The van der Waals surface area contributed by atoms with Crippen LogP contribution in [-0.2, 0) is 9.59 Å². The van der Waals surface area contributed by atoms with Crippen LogP contribution in [0.4, 0.5) is 11.4 Å². The van der Waals surface area contributed by atoms with Crippen LogP contribution in [0.5, 0.6) is 5.75 Å². The molecule has 0 saturated carbocycles. The summed E-state index contributed by atoms with van der Waals surface area (Å²) in [6, 6.07) is 28.3. The van der Waals surface area contributed by atoms with Crippen LogP contribution in [0.15, 0.2) is 108 Å². The van der Waals surface area contributed by atoms with Crippen LogP contribution < -0.4 is 20.7 Å². The molecule has 4 aromatic rings. The van der Waals surface area contributed by atoms with Gasteiger partial charge in [0.1, 0.15) is 11.4 Å². The molecule has 0 fully saturated rings. The Balaban J connectivity index is 1.49. The normalized spacial score (nSPS) is 11.8. The smallest absolute Gasteiger partial charge is 0.272 e. The molecule has 3 amide bonds. The second kappa shape index (κ2) is 14.4. The van der Waals surface area contributed by atoms with Gasteiger partial charge >= 0.3 is 0 Å². The first-order valence-electron chi connectivity index (χ1n) is 13.1. The predicted molar refractivity (Wildman–Crippen MR) is 170 cm³/mol. The quantitative estimate of drug-likeness (QED) is 0.132. The molecule has 0 aliphatic rings. The van der Waals surface area contributed by atoms with E-state index in [1.165, 1.54) is 11.8 Å². The molecule has 214 valence electrons. The van der Waals surface area contributed by atoms with Gasteiger partial charge in [0.15, 0.2) is 0 Å². The Morgan fingerprint density at radius 3 is 2.33 bits per heavy atom. The Morgan fingerprint density at radius 2 is 1.62 bits per heavy atom. The number of hydrogen-bond acceptors (Lipinski definition) is 5. The van der Waals surface area contributed by atoms with Crippen LogP contribution in [0.2, 0.25) is 5.02 Å². The average molecular weight is 600 g/mol. The van der Waals surface area contributed by atoms with Gasteiger partial charge in [-0.25, -0.2) is 0 Å². The van der Waals surface area contributed by atoms with Gasteiger partial charge in [-0.15, -0.1) is 11.8 Å². The molecule has 3 N–H and O–H groups in total. The molecule has 1 unspecified atom stereocenters. The molecule has 4 rings (SSSR count). The Bertz CT molecular complexity index is 1610. The molecule has 0 aliphatic heterocycles. The summed E-state index contributed by atoms with van der Waals surface area (Å²) in [7, 11) is 1.57. The maximum Gasteiger partial charge on any atom is 0.272 e. The Morgan fingerprint density at radius 1 is 0.881 bits per heavy atom. The number of ether oxygens (including phenoxy) is 1. The van der Waals surface area contributed by atoms with Crippen molar-refractivity contribution >= 4 is 58.5 Å². The van der Waals surface area contributed by atoms with E-state index in [4.69, 9.17) is 16.3 Å². The first-order chi connectivity index (χ1) is 20.2. The van der Waals surface area contributed by atoms with E-state index >= 15 is 0 Å². The second-order valence-electron chi connectivity index (χ2n) is 9.34. The van der Waals surface area contributed by atoms with Crippen molar-refractivity contribution in [1.29, 1.82) is 0 Å². The van der Waals surface area contributed by atoms with Crippen molar-refractivity contribution in [2.75, 3.05) is 17.7 Å². The van der Waals surface area contributed by atoms with E-state index in [2.05, 4.69) is 16.0 Å². The number of amides is 3. The first kappa shape index (κ1) is 30.4. The molecular weight excluding hydrogens is 570 g/mol. The van der Waals surface area contributed by atoms with E-state index in [1.807, 2.05) is 25.1 Å². The fraction of sp³-hybridized carbons (Fsp3) is 0.121. The lowest BCUT2D eigenvalue weighted by Gasteiger charge is -2.15. The third-order valence-corrected chi connectivity index (χ3v) is 7.52. The zero-order valence-electron chi connectivity index (χ0n) is 23.3. The van der Waals surface area contributed by atoms with E-state index in [-0.39, 0.29) is 11.6 Å². The average Bonchev–Trinajstić information content (AvgIpc) is 2.99. The van der Waals surface area contributed by atoms with Crippen LogP contribution in [-0.4, -0.2) is 30.1 Å². The molecule has 0 saturated heterocycles. The summed E-state index contributed by atoms with van der Waals surface area (Å²) >= 11 is 7.44. The molecule has 9 heteroatoms. The predicted octanol–water partition coefficient (Wildman–Crippen LogP) is 7.19. The Labute approximate surface area is 254 Å². The molecular formula is C33H30ClN3O4S. The van der Waals surface area contributed by atoms with Crippen molar-refractivity contribution < 1.29 is 19.1 Å². The maximum atomic E-state index is 13.4. The van der Waals surface area contributed by atoms with Gasteiger partial charge in [-0.3, -0.25) is 14.4 Å². The first-order valence-corrected chi connectivity index (χ1v) is 14.3. The molecule has 1 atom stereocenters. The van der Waals surface area contributed by atoms with Crippen molar-refractivity contribution in [3.8, 4) is 5.75 Å². The molecule has 0 aliphatic carbocycles. The van der Waals surface area contributed by atoms with Gasteiger partial charge < -0.3 is 20.7 Å². The van der Waals surface area contributed by atoms with Crippen LogP contribution in [0.1, 0.15) is 28.4 Å². The summed E-state index contributed by atoms with van der Waals surface area (Å²) in [6.07, 6.45) is 1.60. The van der Waals surface area contributed by atoms with Gasteiger partial charge in [-0.2, -0.15) is 0 Å². The third-order valence-electron chi connectivity index (χ3n) is 6.19. The van der Waals surface area contributed by atoms with Crippen LogP contribution in [0, 0.1) is 6.92 Å². The highest BCUT2D eigenvalue weighted by molar-refractivity contribution is 8.00. The minimum absolute atomic E-state index is 0.0664. The van der Waals surface area contributed by atoms with Gasteiger partial charge in [0.05, 0.1) is 12.4 Å². The molecule has 0 radical (unpaired) electrons. The standard InChI is InChI=1S/C33H30ClN3O4S/c1-21-12-15-25(34)19-29(21)36-31(38)22(2)42-28-11-7-10-26(20-28)35-33(40)30(18-23-13-16-27(41-3)17-14-23)37-32(39)24-8-5-4-6-9-24/h4-20,22H,1-3H3,(H,35,40)(H,36,38)(H,37,39)/b30-18+. The zero-order valence-corrected chi connectivity index (χ0v) is 24.9. The highest BCUT2D eigenvalue weighted by Gasteiger charge is 2.18. The molecule has 42 heavy (non-hydrogen) atoms. The van der Waals surface area contributed by atoms with E-state index in [1.54, 1.807) is 99.0 Å². The van der Waals surface area contributed by atoms with Crippen LogP contribution in [0.3, 0.4) is 0 Å². The summed E-state index contributed by atoms with van der Waals surface area (Å²) in [5, 5.41) is 8.64. The van der Waals surface area contributed by atoms with Gasteiger partial charge in [0, 0.05) is 26.9 Å². The van der Waals surface area contributed by atoms with E-state index in [0.717, 1.165) is 10.5 Å². The number of rotatable bonds is 10. The summed E-state index contributed by atoms with van der Waals surface area (Å²) in [4.78, 5) is 40.0. The van der Waals surface area contributed by atoms with Gasteiger partial charge in [-0.1, -0.05) is 54.1 Å². The van der Waals surface area contributed by atoms with Crippen molar-refractivity contribution in [3.05, 3.63) is 124 Å². The summed E-state index contributed by atoms with van der Waals surface area (Å²) in [6.45, 7) is 3.70. The highest BCUT2D eigenvalue weighted by Crippen LogP contribution is 2.28. The SMILES string of the molecule is COc1ccc(/C=C(/NC(=O)c2ccccc2)C(=O)Nc2cccc(SC(C)C(=O)Nc3cc(Cl)ccc3C)c2)cc1. The number of aryl methyl sites for hydroxylation is 1. The fourth-order valence-corrected chi connectivity index (χ4v) is 4.97.